The maximum absolute atomic E-state index is 12.6. The van der Waals surface area contributed by atoms with E-state index in [-0.39, 0.29) is 11.8 Å². The zero-order valence-electron chi connectivity index (χ0n) is 16.4. The third kappa shape index (κ3) is 4.74. The Morgan fingerprint density at radius 2 is 2.07 bits per heavy atom. The summed E-state index contributed by atoms with van der Waals surface area (Å²) in [6.07, 6.45) is 1.88. The summed E-state index contributed by atoms with van der Waals surface area (Å²) in [6.45, 7) is 2.17. The quantitative estimate of drug-likeness (QED) is 0.673. The number of hydrogen-bond acceptors (Lipinski definition) is 6. The molecule has 150 valence electrons. The Hall–Kier alpha value is -2.93. The van der Waals surface area contributed by atoms with Crippen LogP contribution in [-0.2, 0) is 11.3 Å². The molecule has 3 aromatic rings. The number of benzene rings is 1. The number of thiophene rings is 1. The molecule has 1 saturated heterocycles. The molecule has 1 atom stereocenters. The third-order valence-electron chi connectivity index (χ3n) is 5.17. The van der Waals surface area contributed by atoms with Gasteiger partial charge in [-0.15, -0.1) is 21.5 Å². The Balaban J connectivity index is 1.38. The number of aromatic nitrogens is 2. The topological polar surface area (TPSA) is 67.3 Å². The van der Waals surface area contributed by atoms with Gasteiger partial charge in [-0.25, -0.2) is 0 Å². The number of ether oxygens (including phenoxy) is 1. The van der Waals surface area contributed by atoms with E-state index in [9.17, 15) is 4.79 Å². The van der Waals surface area contributed by atoms with Gasteiger partial charge in [0.1, 0.15) is 5.75 Å². The number of rotatable bonds is 6. The van der Waals surface area contributed by atoms with Gasteiger partial charge in [0.05, 0.1) is 25.3 Å². The summed E-state index contributed by atoms with van der Waals surface area (Å²) in [5.74, 6) is 1.73. The molecular formula is C22H24N4O2S. The minimum Gasteiger partial charge on any atom is -0.497 e. The highest BCUT2D eigenvalue weighted by Gasteiger charge is 2.26. The molecule has 0 aliphatic carbocycles. The minimum atomic E-state index is -0.0215. The van der Waals surface area contributed by atoms with E-state index in [0.29, 0.717) is 13.1 Å². The zero-order chi connectivity index (χ0) is 20.1. The van der Waals surface area contributed by atoms with Crippen molar-refractivity contribution in [3.05, 3.63) is 58.8 Å². The van der Waals surface area contributed by atoms with Crippen molar-refractivity contribution >= 4 is 23.1 Å². The first-order chi connectivity index (χ1) is 14.2. The second kappa shape index (κ2) is 9.05. The van der Waals surface area contributed by atoms with Gasteiger partial charge in [-0.1, -0.05) is 6.07 Å². The second-order valence-electron chi connectivity index (χ2n) is 7.09. The molecule has 0 saturated carbocycles. The summed E-state index contributed by atoms with van der Waals surface area (Å²) in [7, 11) is 1.65. The summed E-state index contributed by atoms with van der Waals surface area (Å²) in [4.78, 5) is 15.9. The number of piperidine rings is 1. The van der Waals surface area contributed by atoms with Crippen LogP contribution in [0.4, 0.5) is 5.82 Å². The van der Waals surface area contributed by atoms with Crippen molar-refractivity contribution in [2.24, 2.45) is 5.92 Å². The molecule has 1 aliphatic rings. The van der Waals surface area contributed by atoms with Crippen molar-refractivity contribution in [3.8, 4) is 17.0 Å². The molecule has 3 heterocycles. The molecule has 29 heavy (non-hydrogen) atoms. The fourth-order valence-corrected chi connectivity index (χ4v) is 4.19. The molecule has 1 amide bonds. The average Bonchev–Trinajstić information content (AvgIpc) is 3.31. The van der Waals surface area contributed by atoms with Crippen LogP contribution in [0.15, 0.2) is 53.9 Å². The molecule has 4 rings (SSSR count). The maximum atomic E-state index is 12.6. The number of nitrogens with zero attached hydrogens (tertiary/aromatic N) is 3. The van der Waals surface area contributed by atoms with Crippen molar-refractivity contribution in [2.45, 2.75) is 19.4 Å². The SMILES string of the molecule is COc1ccc(-c2ccc(N3CCC[C@@H](C(=O)NCc4cccs4)C3)nn2)cc1. The Bertz CT molecular complexity index is 926. The van der Waals surface area contributed by atoms with E-state index in [1.165, 1.54) is 4.88 Å². The van der Waals surface area contributed by atoms with Crippen molar-refractivity contribution < 1.29 is 9.53 Å². The third-order valence-corrected chi connectivity index (χ3v) is 6.05. The number of methoxy groups -OCH3 is 1. The standard InChI is InChI=1S/C22H24N4O2S/c1-28-18-8-6-16(7-9-18)20-10-11-21(25-24-20)26-12-2-4-17(15-26)22(27)23-14-19-5-3-13-29-19/h3,5-11,13,17H,2,4,12,14-15H2,1H3,(H,23,27)/t17-/m1/s1. The lowest BCUT2D eigenvalue weighted by molar-refractivity contribution is -0.125. The highest BCUT2D eigenvalue weighted by atomic mass is 32.1. The summed E-state index contributed by atoms with van der Waals surface area (Å²) in [5.41, 5.74) is 1.81. The molecule has 0 radical (unpaired) electrons. The maximum Gasteiger partial charge on any atom is 0.225 e. The van der Waals surface area contributed by atoms with Crippen LogP contribution in [0.2, 0.25) is 0 Å². The Morgan fingerprint density at radius 3 is 2.76 bits per heavy atom. The number of amides is 1. The Kier molecular flexibility index (Phi) is 6.05. The van der Waals surface area contributed by atoms with Crippen LogP contribution in [-0.4, -0.2) is 36.3 Å². The predicted molar refractivity (Wildman–Crippen MR) is 115 cm³/mol. The van der Waals surface area contributed by atoms with Gasteiger partial charge in [0.2, 0.25) is 5.91 Å². The molecule has 2 aromatic heterocycles. The minimum absolute atomic E-state index is 0.0215. The molecule has 0 unspecified atom stereocenters. The second-order valence-corrected chi connectivity index (χ2v) is 8.12. The molecule has 0 bridgehead atoms. The van der Waals surface area contributed by atoms with E-state index >= 15 is 0 Å². The van der Waals surface area contributed by atoms with Crippen LogP contribution in [0, 0.1) is 5.92 Å². The van der Waals surface area contributed by atoms with Gasteiger partial charge in [-0.3, -0.25) is 4.79 Å². The van der Waals surface area contributed by atoms with E-state index in [0.717, 1.165) is 42.2 Å². The van der Waals surface area contributed by atoms with Gasteiger partial charge in [-0.2, -0.15) is 0 Å². The monoisotopic (exact) mass is 408 g/mol. The summed E-state index contributed by atoms with van der Waals surface area (Å²) in [5, 5.41) is 13.9. The summed E-state index contributed by atoms with van der Waals surface area (Å²) >= 11 is 1.66. The Morgan fingerprint density at radius 1 is 1.21 bits per heavy atom. The number of carbonyl (C=O) groups is 1. The number of hydrogen-bond donors (Lipinski definition) is 1. The van der Waals surface area contributed by atoms with Crippen molar-refractivity contribution in [1.29, 1.82) is 0 Å². The summed E-state index contributed by atoms with van der Waals surface area (Å²) in [6, 6.07) is 15.8. The molecule has 7 heteroatoms. The van der Waals surface area contributed by atoms with Crippen LogP contribution < -0.4 is 15.0 Å². The molecule has 6 nitrogen and oxygen atoms in total. The van der Waals surface area contributed by atoms with Gasteiger partial charge >= 0.3 is 0 Å². The molecular weight excluding hydrogens is 384 g/mol. The number of carbonyl (C=O) groups excluding carboxylic acids is 1. The van der Waals surface area contributed by atoms with Gasteiger partial charge in [-0.05, 0) is 60.7 Å². The lowest BCUT2D eigenvalue weighted by Crippen LogP contribution is -2.43. The van der Waals surface area contributed by atoms with Crippen LogP contribution in [0.1, 0.15) is 17.7 Å². The number of anilines is 1. The van der Waals surface area contributed by atoms with E-state index < -0.39 is 0 Å². The van der Waals surface area contributed by atoms with Gasteiger partial charge < -0.3 is 15.0 Å². The van der Waals surface area contributed by atoms with Crippen LogP contribution in [0.25, 0.3) is 11.3 Å². The van der Waals surface area contributed by atoms with E-state index in [4.69, 9.17) is 4.74 Å². The fourth-order valence-electron chi connectivity index (χ4n) is 3.54. The van der Waals surface area contributed by atoms with Gasteiger partial charge in [0, 0.05) is 23.5 Å². The van der Waals surface area contributed by atoms with E-state index in [2.05, 4.69) is 20.4 Å². The Labute approximate surface area is 174 Å². The molecule has 1 N–H and O–H groups in total. The molecule has 1 fully saturated rings. The summed E-state index contributed by atoms with van der Waals surface area (Å²) < 4.78 is 5.20. The van der Waals surface area contributed by atoms with Crippen molar-refractivity contribution in [2.75, 3.05) is 25.1 Å². The lowest BCUT2D eigenvalue weighted by Gasteiger charge is -2.32. The highest BCUT2D eigenvalue weighted by molar-refractivity contribution is 7.09. The lowest BCUT2D eigenvalue weighted by atomic mass is 9.97. The van der Waals surface area contributed by atoms with Crippen LogP contribution in [0.5, 0.6) is 5.75 Å². The molecule has 1 aliphatic heterocycles. The van der Waals surface area contributed by atoms with Crippen molar-refractivity contribution in [3.63, 3.8) is 0 Å². The predicted octanol–water partition coefficient (Wildman–Crippen LogP) is 3.75. The fraction of sp³-hybridized carbons (Fsp3) is 0.318. The van der Waals surface area contributed by atoms with Crippen LogP contribution >= 0.6 is 11.3 Å². The van der Waals surface area contributed by atoms with Gasteiger partial charge in [0.25, 0.3) is 0 Å². The first-order valence-electron chi connectivity index (χ1n) is 9.76. The number of nitrogens with one attached hydrogen (secondary N) is 1. The zero-order valence-corrected chi connectivity index (χ0v) is 17.2. The van der Waals surface area contributed by atoms with Crippen LogP contribution in [0.3, 0.4) is 0 Å². The van der Waals surface area contributed by atoms with E-state index in [1.54, 1.807) is 18.4 Å². The normalized spacial score (nSPS) is 16.4. The highest BCUT2D eigenvalue weighted by Crippen LogP contribution is 2.24. The average molecular weight is 409 g/mol. The first kappa shape index (κ1) is 19.4. The van der Waals surface area contributed by atoms with Gasteiger partial charge in [0.15, 0.2) is 5.82 Å². The smallest absolute Gasteiger partial charge is 0.225 e. The first-order valence-corrected chi connectivity index (χ1v) is 10.6. The molecule has 0 spiro atoms. The van der Waals surface area contributed by atoms with E-state index in [1.807, 2.05) is 53.9 Å². The largest absolute Gasteiger partial charge is 0.497 e. The molecule has 1 aromatic carbocycles. The van der Waals surface area contributed by atoms with Crippen molar-refractivity contribution in [1.82, 2.24) is 15.5 Å².